The van der Waals surface area contributed by atoms with E-state index in [9.17, 15) is 9.59 Å². The minimum atomic E-state index is -0.737. The minimum absolute atomic E-state index is 0.0626. The monoisotopic (exact) mass is 324 g/mol. The number of nitrogens with one attached hydrogen (secondary N) is 1. The smallest absolute Gasteiger partial charge is 0.286 e. The molecule has 3 rings (SSSR count). The first kappa shape index (κ1) is 15.7. The van der Waals surface area contributed by atoms with Gasteiger partial charge >= 0.3 is 0 Å². The van der Waals surface area contributed by atoms with Crippen molar-refractivity contribution >= 4 is 28.5 Å². The van der Waals surface area contributed by atoms with E-state index in [1.54, 1.807) is 24.3 Å². The molecule has 1 aliphatic heterocycles. The summed E-state index contributed by atoms with van der Waals surface area (Å²) in [4.78, 5) is 23.8. The number of para-hydroxylation sites is 1. The molecular weight excluding hydrogens is 308 g/mol. The molecule has 24 heavy (non-hydrogen) atoms. The fourth-order valence-corrected chi connectivity index (χ4v) is 2.53. The van der Waals surface area contributed by atoms with E-state index < -0.39 is 11.6 Å². The van der Waals surface area contributed by atoms with Crippen LogP contribution in [0.5, 0.6) is 0 Å². The Morgan fingerprint density at radius 3 is 2.71 bits per heavy atom. The van der Waals surface area contributed by atoms with Crippen LogP contribution in [0.1, 0.15) is 36.2 Å². The van der Waals surface area contributed by atoms with Crippen molar-refractivity contribution in [3.8, 4) is 12.3 Å². The average Bonchev–Trinajstić information content (AvgIpc) is 3.26. The fourth-order valence-electron chi connectivity index (χ4n) is 2.53. The Kier molecular flexibility index (Phi) is 4.04. The van der Waals surface area contributed by atoms with E-state index in [-0.39, 0.29) is 18.1 Å². The molecular formula is C17H16N4O3. The van der Waals surface area contributed by atoms with Crippen molar-refractivity contribution in [2.45, 2.75) is 31.3 Å². The first-order chi connectivity index (χ1) is 11.5. The van der Waals surface area contributed by atoms with Gasteiger partial charge in [0.1, 0.15) is 11.3 Å². The van der Waals surface area contributed by atoms with Gasteiger partial charge in [0.25, 0.3) is 5.91 Å². The van der Waals surface area contributed by atoms with Crippen LogP contribution in [0, 0.1) is 12.3 Å². The Balaban J connectivity index is 1.71. The summed E-state index contributed by atoms with van der Waals surface area (Å²) in [5.41, 5.74) is 5.59. The first-order valence-electron chi connectivity index (χ1n) is 7.53. The topological polar surface area (TPSA) is 110 Å². The maximum absolute atomic E-state index is 12.2. The predicted octanol–water partition coefficient (Wildman–Crippen LogP) is 2.83. The normalized spacial score (nSPS) is 14.3. The van der Waals surface area contributed by atoms with Crippen molar-refractivity contribution in [3.05, 3.63) is 30.0 Å². The number of anilines is 1. The van der Waals surface area contributed by atoms with Crippen molar-refractivity contribution in [3.63, 3.8) is 0 Å². The van der Waals surface area contributed by atoms with Gasteiger partial charge in [0.2, 0.25) is 11.7 Å². The zero-order valence-electron chi connectivity index (χ0n) is 12.9. The van der Waals surface area contributed by atoms with Crippen LogP contribution in [0.2, 0.25) is 0 Å². The third kappa shape index (κ3) is 3.13. The first-order valence-corrected chi connectivity index (χ1v) is 7.53. The number of carbonyl (C=O) groups excluding carboxylic acids is 2. The van der Waals surface area contributed by atoms with Gasteiger partial charge in [0.05, 0.1) is 0 Å². The highest BCUT2D eigenvalue weighted by atomic mass is 16.3. The Labute approximate surface area is 138 Å². The lowest BCUT2D eigenvalue weighted by Gasteiger charge is -2.09. The van der Waals surface area contributed by atoms with Gasteiger partial charge in [-0.05, 0) is 12.1 Å². The van der Waals surface area contributed by atoms with E-state index in [1.165, 1.54) is 0 Å². The Bertz CT molecular complexity index is 870. The third-order valence-corrected chi connectivity index (χ3v) is 3.89. The fraction of sp³-hybridized carbons (Fsp3) is 0.294. The van der Waals surface area contributed by atoms with Crippen LogP contribution in [0.25, 0.3) is 11.0 Å². The number of furan rings is 1. The third-order valence-electron chi connectivity index (χ3n) is 3.89. The van der Waals surface area contributed by atoms with E-state index in [1.807, 2.05) is 0 Å². The molecule has 0 atom stereocenters. The van der Waals surface area contributed by atoms with Gasteiger partial charge < -0.3 is 15.5 Å². The number of terminal acetylenes is 1. The maximum Gasteiger partial charge on any atom is 0.286 e. The summed E-state index contributed by atoms with van der Waals surface area (Å²) in [7, 11) is 0. The SMILES string of the molecule is C#CCCC1(CCC(=O)Nc2c(C(N)=O)oc3ccccc23)N=N1. The second-order valence-corrected chi connectivity index (χ2v) is 5.60. The van der Waals surface area contributed by atoms with Crippen LogP contribution in [0.4, 0.5) is 5.69 Å². The van der Waals surface area contributed by atoms with E-state index in [4.69, 9.17) is 16.6 Å². The summed E-state index contributed by atoms with van der Waals surface area (Å²) in [6.45, 7) is 0. The van der Waals surface area contributed by atoms with Gasteiger partial charge in [0.15, 0.2) is 5.66 Å². The molecule has 3 N–H and O–H groups in total. The molecule has 2 amide bonds. The van der Waals surface area contributed by atoms with Crippen LogP contribution in [0.15, 0.2) is 38.9 Å². The number of fused-ring (bicyclic) bond motifs is 1. The number of primary amides is 1. The molecule has 0 radical (unpaired) electrons. The number of benzene rings is 1. The lowest BCUT2D eigenvalue weighted by atomic mass is 10.0. The van der Waals surface area contributed by atoms with Gasteiger partial charge in [-0.3, -0.25) is 9.59 Å². The van der Waals surface area contributed by atoms with Gasteiger partial charge in [0, 0.05) is 31.1 Å². The molecule has 0 saturated carbocycles. The van der Waals surface area contributed by atoms with E-state index in [0.717, 1.165) is 0 Å². The predicted molar refractivity (Wildman–Crippen MR) is 88.2 cm³/mol. The van der Waals surface area contributed by atoms with E-state index in [0.29, 0.717) is 35.9 Å². The molecule has 122 valence electrons. The summed E-state index contributed by atoms with van der Waals surface area (Å²) in [6, 6.07) is 7.01. The van der Waals surface area contributed by atoms with Crippen molar-refractivity contribution in [1.29, 1.82) is 0 Å². The van der Waals surface area contributed by atoms with Crippen LogP contribution >= 0.6 is 0 Å². The molecule has 2 aromatic rings. The number of carbonyl (C=O) groups is 2. The highest BCUT2D eigenvalue weighted by Gasteiger charge is 2.39. The van der Waals surface area contributed by atoms with Crippen LogP contribution in [0.3, 0.4) is 0 Å². The molecule has 2 heterocycles. The number of hydrogen-bond acceptors (Lipinski definition) is 5. The van der Waals surface area contributed by atoms with Crippen LogP contribution < -0.4 is 11.1 Å². The lowest BCUT2D eigenvalue weighted by Crippen LogP contribution is -2.19. The van der Waals surface area contributed by atoms with Gasteiger partial charge in [-0.2, -0.15) is 10.2 Å². The highest BCUT2D eigenvalue weighted by Crippen LogP contribution is 2.38. The number of rotatable bonds is 7. The molecule has 7 nitrogen and oxygen atoms in total. The number of nitrogens with zero attached hydrogens (tertiary/aromatic N) is 2. The molecule has 7 heteroatoms. The molecule has 0 bridgehead atoms. The second-order valence-electron chi connectivity index (χ2n) is 5.60. The number of hydrogen-bond donors (Lipinski definition) is 2. The van der Waals surface area contributed by atoms with Crippen molar-refractivity contribution in [2.75, 3.05) is 5.32 Å². The summed E-state index contributed by atoms with van der Waals surface area (Å²) >= 11 is 0. The Hall–Kier alpha value is -3.14. The molecule has 1 aliphatic rings. The second kappa shape index (κ2) is 6.16. The summed E-state index contributed by atoms with van der Waals surface area (Å²) < 4.78 is 5.42. The highest BCUT2D eigenvalue weighted by molar-refractivity contribution is 6.10. The maximum atomic E-state index is 12.2. The molecule has 0 saturated heterocycles. The Morgan fingerprint density at radius 2 is 2.04 bits per heavy atom. The zero-order chi connectivity index (χ0) is 17.2. The van der Waals surface area contributed by atoms with Gasteiger partial charge in [-0.15, -0.1) is 12.3 Å². The summed E-state index contributed by atoms with van der Waals surface area (Å²) in [5, 5.41) is 11.3. The number of amides is 2. The molecule has 0 spiro atoms. The molecule has 0 aliphatic carbocycles. The largest absolute Gasteiger partial charge is 0.449 e. The minimum Gasteiger partial charge on any atom is -0.449 e. The quantitative estimate of drug-likeness (QED) is 0.764. The summed E-state index contributed by atoms with van der Waals surface area (Å²) in [5.74, 6) is 1.48. The van der Waals surface area contributed by atoms with Gasteiger partial charge in [-0.25, -0.2) is 0 Å². The molecule has 1 aromatic heterocycles. The standard InChI is InChI=1S/C17H16N4O3/c1-2-3-9-17(20-21-17)10-8-13(22)19-14-11-6-4-5-7-12(11)24-15(14)16(18)23/h1,4-7H,3,8-10H2,(H2,18,23)(H,19,22). The summed E-state index contributed by atoms with van der Waals surface area (Å²) in [6.07, 6.45) is 7.12. The zero-order valence-corrected chi connectivity index (χ0v) is 12.9. The molecule has 1 aromatic carbocycles. The lowest BCUT2D eigenvalue weighted by molar-refractivity contribution is -0.116. The van der Waals surface area contributed by atoms with Gasteiger partial charge in [-0.1, -0.05) is 12.1 Å². The van der Waals surface area contributed by atoms with Crippen LogP contribution in [-0.4, -0.2) is 17.5 Å². The van der Waals surface area contributed by atoms with Crippen molar-refractivity contribution in [2.24, 2.45) is 16.0 Å². The molecule has 0 unspecified atom stereocenters. The number of nitrogens with two attached hydrogens (primary N) is 1. The van der Waals surface area contributed by atoms with Crippen molar-refractivity contribution < 1.29 is 14.0 Å². The van der Waals surface area contributed by atoms with Crippen molar-refractivity contribution in [1.82, 2.24) is 0 Å². The molecule has 0 fully saturated rings. The van der Waals surface area contributed by atoms with E-state index in [2.05, 4.69) is 21.5 Å². The Morgan fingerprint density at radius 1 is 1.29 bits per heavy atom. The average molecular weight is 324 g/mol. The van der Waals surface area contributed by atoms with Crippen LogP contribution in [-0.2, 0) is 4.79 Å². The van der Waals surface area contributed by atoms with E-state index >= 15 is 0 Å².